The minimum absolute atomic E-state index is 0.223. The number of hydrogen-bond acceptors (Lipinski definition) is 5. The van der Waals surface area contributed by atoms with E-state index >= 15 is 0 Å². The lowest BCUT2D eigenvalue weighted by Crippen LogP contribution is -2.04. The van der Waals surface area contributed by atoms with Crippen molar-refractivity contribution in [3.63, 3.8) is 0 Å². The van der Waals surface area contributed by atoms with Crippen LogP contribution in [0.2, 0.25) is 0 Å². The normalized spacial score (nSPS) is 10.0. The number of rotatable bonds is 7. The summed E-state index contributed by atoms with van der Waals surface area (Å²) in [4.78, 5) is 12.8. The summed E-state index contributed by atoms with van der Waals surface area (Å²) in [6, 6.07) is 10.4. The topological polar surface area (TPSA) is 54.0 Å². The van der Waals surface area contributed by atoms with E-state index in [4.69, 9.17) is 18.9 Å². The van der Waals surface area contributed by atoms with E-state index in [1.807, 2.05) is 0 Å². The fourth-order valence-corrected chi connectivity index (χ4v) is 2.31. The highest BCUT2D eigenvalue weighted by molar-refractivity contribution is 6.28. The molecule has 2 aromatic rings. The summed E-state index contributed by atoms with van der Waals surface area (Å²) in [5.41, 5.74) is 1.49. The van der Waals surface area contributed by atoms with Crippen LogP contribution in [0.4, 0.5) is 0 Å². The maximum Gasteiger partial charge on any atom is 0.203 e. The molecule has 2 rings (SSSR count). The van der Waals surface area contributed by atoms with E-state index in [1.165, 1.54) is 21.3 Å². The number of Topliss-reactive ketones (excluding diaryl/α,β-unsaturated/α-hetero) is 1. The van der Waals surface area contributed by atoms with E-state index < -0.39 is 0 Å². The zero-order valence-corrected chi connectivity index (χ0v) is 14.2. The van der Waals surface area contributed by atoms with Crippen LogP contribution in [0, 0.1) is 0 Å². The van der Waals surface area contributed by atoms with Gasteiger partial charge in [0.05, 0.1) is 28.4 Å². The minimum atomic E-state index is -0.223. The van der Waals surface area contributed by atoms with E-state index in [-0.39, 0.29) is 5.78 Å². The predicted molar refractivity (Wildman–Crippen MR) is 92.5 cm³/mol. The van der Waals surface area contributed by atoms with Gasteiger partial charge in [0.1, 0.15) is 5.75 Å². The van der Waals surface area contributed by atoms with E-state index in [1.54, 1.807) is 43.5 Å². The molecule has 126 valence electrons. The van der Waals surface area contributed by atoms with Gasteiger partial charge in [-0.1, -0.05) is 18.7 Å². The van der Waals surface area contributed by atoms with Crippen LogP contribution < -0.4 is 18.9 Å². The second-order valence-electron chi connectivity index (χ2n) is 4.95. The van der Waals surface area contributed by atoms with Crippen molar-refractivity contribution in [3.8, 4) is 23.0 Å². The predicted octanol–water partition coefficient (Wildman–Crippen LogP) is 3.62. The maximum atomic E-state index is 12.8. The van der Waals surface area contributed by atoms with Gasteiger partial charge in [0, 0.05) is 11.1 Å². The molecule has 0 amide bonds. The Labute approximate surface area is 141 Å². The molecular formula is C19H20O5. The van der Waals surface area contributed by atoms with E-state index in [0.29, 0.717) is 34.1 Å². The van der Waals surface area contributed by atoms with Crippen LogP contribution in [-0.2, 0) is 0 Å². The largest absolute Gasteiger partial charge is 0.497 e. The third kappa shape index (κ3) is 3.35. The van der Waals surface area contributed by atoms with Crippen LogP contribution in [0.5, 0.6) is 23.0 Å². The molecule has 0 saturated heterocycles. The van der Waals surface area contributed by atoms with Crippen molar-refractivity contribution in [3.05, 3.63) is 54.1 Å². The molecule has 0 atom stereocenters. The van der Waals surface area contributed by atoms with E-state index in [0.717, 1.165) is 5.56 Å². The van der Waals surface area contributed by atoms with Gasteiger partial charge in [0.15, 0.2) is 17.3 Å². The van der Waals surface area contributed by atoms with Gasteiger partial charge in [-0.3, -0.25) is 4.79 Å². The number of benzene rings is 2. The number of ketones is 1. The lowest BCUT2D eigenvalue weighted by molar-refractivity contribution is 0.105. The summed E-state index contributed by atoms with van der Waals surface area (Å²) in [6.45, 7) is 3.91. The fraction of sp³-hybridized carbons (Fsp3) is 0.211. The second kappa shape index (κ2) is 7.55. The summed E-state index contributed by atoms with van der Waals surface area (Å²) in [5, 5.41) is 0. The van der Waals surface area contributed by atoms with Crippen molar-refractivity contribution < 1.29 is 23.7 Å². The van der Waals surface area contributed by atoms with E-state index in [9.17, 15) is 4.79 Å². The average Bonchev–Trinajstić information content (AvgIpc) is 2.65. The Morgan fingerprint density at radius 3 is 1.75 bits per heavy atom. The Bertz CT molecular complexity index is 722. The van der Waals surface area contributed by atoms with Gasteiger partial charge in [-0.25, -0.2) is 0 Å². The number of carbonyl (C=O) groups excluding carboxylic acids is 1. The summed E-state index contributed by atoms with van der Waals surface area (Å²) < 4.78 is 20.9. The van der Waals surface area contributed by atoms with Crippen LogP contribution in [0.25, 0.3) is 5.57 Å². The SMILES string of the molecule is C=C(C(=O)c1cc(OC)c(OC)c(OC)c1)c1ccc(OC)cc1. The van der Waals surface area contributed by atoms with Crippen molar-refractivity contribution in [1.82, 2.24) is 0 Å². The highest BCUT2D eigenvalue weighted by Gasteiger charge is 2.19. The first-order chi connectivity index (χ1) is 11.5. The van der Waals surface area contributed by atoms with Gasteiger partial charge in [-0.2, -0.15) is 0 Å². The summed E-state index contributed by atoms with van der Waals surface area (Å²) in [5.74, 6) is 1.77. The van der Waals surface area contributed by atoms with Crippen molar-refractivity contribution in [2.75, 3.05) is 28.4 Å². The summed E-state index contributed by atoms with van der Waals surface area (Å²) in [7, 11) is 6.11. The molecule has 0 saturated carbocycles. The molecule has 5 heteroatoms. The molecule has 0 spiro atoms. The molecule has 0 bridgehead atoms. The fourth-order valence-electron chi connectivity index (χ4n) is 2.31. The molecule has 0 radical (unpaired) electrons. The highest BCUT2D eigenvalue weighted by atomic mass is 16.5. The lowest BCUT2D eigenvalue weighted by Gasteiger charge is -2.14. The molecule has 5 nitrogen and oxygen atoms in total. The zero-order valence-electron chi connectivity index (χ0n) is 14.2. The first-order valence-corrected chi connectivity index (χ1v) is 7.23. The Kier molecular flexibility index (Phi) is 5.47. The molecule has 0 unspecified atom stereocenters. The molecular weight excluding hydrogens is 308 g/mol. The van der Waals surface area contributed by atoms with Gasteiger partial charge >= 0.3 is 0 Å². The maximum absolute atomic E-state index is 12.8. The Morgan fingerprint density at radius 2 is 1.33 bits per heavy atom. The lowest BCUT2D eigenvalue weighted by atomic mass is 9.97. The molecule has 0 N–H and O–H groups in total. The molecule has 0 aliphatic heterocycles. The van der Waals surface area contributed by atoms with Crippen molar-refractivity contribution in [1.29, 1.82) is 0 Å². The molecule has 0 aliphatic carbocycles. The van der Waals surface area contributed by atoms with Crippen LogP contribution in [0.15, 0.2) is 43.0 Å². The minimum Gasteiger partial charge on any atom is -0.497 e. The number of ether oxygens (including phenoxy) is 4. The van der Waals surface area contributed by atoms with Gasteiger partial charge in [0.25, 0.3) is 0 Å². The van der Waals surface area contributed by atoms with Gasteiger partial charge < -0.3 is 18.9 Å². The highest BCUT2D eigenvalue weighted by Crippen LogP contribution is 2.39. The first-order valence-electron chi connectivity index (χ1n) is 7.23. The van der Waals surface area contributed by atoms with Crippen LogP contribution >= 0.6 is 0 Å². The monoisotopic (exact) mass is 328 g/mol. The second-order valence-corrected chi connectivity index (χ2v) is 4.95. The van der Waals surface area contributed by atoms with Gasteiger partial charge in [0.2, 0.25) is 5.75 Å². The molecule has 0 heterocycles. The molecule has 2 aromatic carbocycles. The number of methoxy groups -OCH3 is 4. The number of hydrogen-bond donors (Lipinski definition) is 0. The molecule has 0 aromatic heterocycles. The Morgan fingerprint density at radius 1 is 0.792 bits per heavy atom. The molecule has 0 fully saturated rings. The van der Waals surface area contributed by atoms with Crippen molar-refractivity contribution in [2.45, 2.75) is 0 Å². The number of allylic oxidation sites excluding steroid dienone is 1. The van der Waals surface area contributed by atoms with Gasteiger partial charge in [-0.05, 0) is 29.8 Å². The molecule has 0 aliphatic rings. The Hall–Kier alpha value is -2.95. The third-order valence-corrected chi connectivity index (χ3v) is 3.64. The molecule has 24 heavy (non-hydrogen) atoms. The average molecular weight is 328 g/mol. The van der Waals surface area contributed by atoms with Crippen LogP contribution in [-0.4, -0.2) is 34.2 Å². The van der Waals surface area contributed by atoms with Crippen molar-refractivity contribution >= 4 is 11.4 Å². The summed E-state index contributed by atoms with van der Waals surface area (Å²) >= 11 is 0. The third-order valence-electron chi connectivity index (χ3n) is 3.64. The zero-order chi connectivity index (χ0) is 17.7. The Balaban J connectivity index is 2.39. The first kappa shape index (κ1) is 17.4. The van der Waals surface area contributed by atoms with E-state index in [2.05, 4.69) is 6.58 Å². The smallest absolute Gasteiger partial charge is 0.203 e. The van der Waals surface area contributed by atoms with Crippen LogP contribution in [0.1, 0.15) is 15.9 Å². The quantitative estimate of drug-likeness (QED) is 0.574. The summed E-state index contributed by atoms with van der Waals surface area (Å²) in [6.07, 6.45) is 0. The van der Waals surface area contributed by atoms with Crippen LogP contribution in [0.3, 0.4) is 0 Å². The van der Waals surface area contributed by atoms with Gasteiger partial charge in [-0.15, -0.1) is 0 Å². The van der Waals surface area contributed by atoms with Crippen molar-refractivity contribution in [2.24, 2.45) is 0 Å². The standard InChI is InChI=1S/C19H20O5/c1-12(13-6-8-15(21-2)9-7-13)18(20)14-10-16(22-3)19(24-5)17(11-14)23-4/h6-11H,1H2,2-5H3. The number of carbonyl (C=O) groups is 1.